The molecule has 0 bridgehead atoms. The van der Waals surface area contributed by atoms with Crippen LogP contribution in [0, 0.1) is 6.92 Å². The number of aromatic nitrogens is 4. The third-order valence-electron chi connectivity index (χ3n) is 3.90. The Bertz CT molecular complexity index is 793. The molecular weight excluding hydrogens is 461 g/mol. The molecule has 26 heavy (non-hydrogen) atoms. The lowest BCUT2D eigenvalue weighted by molar-refractivity contribution is 0.662. The van der Waals surface area contributed by atoms with Crippen LogP contribution in [0.3, 0.4) is 0 Å². The SMILES string of the molecule is Cc1nnc(CN=C(NCCn2cccc2)NCc2cccs2)n1C.I. The number of guanidine groups is 1. The van der Waals surface area contributed by atoms with E-state index in [4.69, 9.17) is 0 Å². The van der Waals surface area contributed by atoms with Crippen LogP contribution >= 0.6 is 35.3 Å². The van der Waals surface area contributed by atoms with Gasteiger partial charge in [0.1, 0.15) is 12.4 Å². The third-order valence-corrected chi connectivity index (χ3v) is 4.78. The highest BCUT2D eigenvalue weighted by Gasteiger charge is 2.05. The fourth-order valence-corrected chi connectivity index (χ4v) is 2.96. The van der Waals surface area contributed by atoms with E-state index in [1.807, 2.05) is 30.7 Å². The smallest absolute Gasteiger partial charge is 0.192 e. The number of aryl methyl sites for hydroxylation is 1. The maximum absolute atomic E-state index is 4.65. The Kier molecular flexibility index (Phi) is 8.10. The Morgan fingerprint density at radius 1 is 1.19 bits per heavy atom. The van der Waals surface area contributed by atoms with Crippen molar-refractivity contribution < 1.29 is 0 Å². The Hall–Kier alpha value is -1.88. The molecule has 3 aromatic heterocycles. The summed E-state index contributed by atoms with van der Waals surface area (Å²) in [6.45, 7) is 4.86. The molecule has 0 aromatic carbocycles. The van der Waals surface area contributed by atoms with E-state index in [-0.39, 0.29) is 24.0 Å². The minimum absolute atomic E-state index is 0. The summed E-state index contributed by atoms with van der Waals surface area (Å²) in [6, 6.07) is 8.22. The highest BCUT2D eigenvalue weighted by molar-refractivity contribution is 14.0. The molecule has 140 valence electrons. The van der Waals surface area contributed by atoms with Gasteiger partial charge in [-0.15, -0.1) is 45.5 Å². The van der Waals surface area contributed by atoms with Gasteiger partial charge in [0.2, 0.25) is 0 Å². The lowest BCUT2D eigenvalue weighted by Crippen LogP contribution is -2.38. The first-order chi connectivity index (χ1) is 12.2. The van der Waals surface area contributed by atoms with E-state index in [1.54, 1.807) is 11.3 Å². The zero-order valence-corrected chi connectivity index (χ0v) is 18.1. The second-order valence-electron chi connectivity index (χ2n) is 5.67. The lowest BCUT2D eigenvalue weighted by Gasteiger charge is -2.12. The summed E-state index contributed by atoms with van der Waals surface area (Å²) in [5.74, 6) is 2.51. The van der Waals surface area contributed by atoms with E-state index < -0.39 is 0 Å². The van der Waals surface area contributed by atoms with Crippen LogP contribution in [0.4, 0.5) is 0 Å². The van der Waals surface area contributed by atoms with Crippen LogP contribution in [0.2, 0.25) is 0 Å². The Labute approximate surface area is 174 Å². The topological polar surface area (TPSA) is 72.1 Å². The maximum atomic E-state index is 4.65. The molecule has 9 heteroatoms. The molecule has 0 aliphatic rings. The van der Waals surface area contributed by atoms with Crippen molar-refractivity contribution in [2.75, 3.05) is 6.54 Å². The number of hydrogen-bond donors (Lipinski definition) is 2. The van der Waals surface area contributed by atoms with Crippen LogP contribution < -0.4 is 10.6 Å². The van der Waals surface area contributed by atoms with Gasteiger partial charge >= 0.3 is 0 Å². The minimum atomic E-state index is 0. The second-order valence-corrected chi connectivity index (χ2v) is 6.70. The molecule has 0 aliphatic heterocycles. The molecular formula is C17H24IN7S. The minimum Gasteiger partial charge on any atom is -0.355 e. The first kappa shape index (κ1) is 20.4. The number of nitrogens with one attached hydrogen (secondary N) is 2. The molecule has 0 atom stereocenters. The van der Waals surface area contributed by atoms with E-state index in [0.717, 1.165) is 37.2 Å². The molecule has 0 unspecified atom stereocenters. The van der Waals surface area contributed by atoms with E-state index >= 15 is 0 Å². The number of halogens is 1. The van der Waals surface area contributed by atoms with E-state index in [9.17, 15) is 0 Å². The fraction of sp³-hybridized carbons (Fsp3) is 0.353. The maximum Gasteiger partial charge on any atom is 0.192 e. The van der Waals surface area contributed by atoms with Crippen molar-refractivity contribution in [3.8, 4) is 0 Å². The van der Waals surface area contributed by atoms with Gasteiger partial charge in [0, 0.05) is 37.4 Å². The summed E-state index contributed by atoms with van der Waals surface area (Å²) in [7, 11) is 1.96. The number of thiophene rings is 1. The van der Waals surface area contributed by atoms with Gasteiger partial charge in [-0.2, -0.15) is 0 Å². The molecule has 3 heterocycles. The summed E-state index contributed by atoms with van der Waals surface area (Å²) < 4.78 is 4.09. The summed E-state index contributed by atoms with van der Waals surface area (Å²) in [5, 5.41) is 17.1. The lowest BCUT2D eigenvalue weighted by atomic mass is 10.4. The van der Waals surface area contributed by atoms with Gasteiger partial charge in [0.05, 0.1) is 6.54 Å². The van der Waals surface area contributed by atoms with Crippen molar-refractivity contribution in [3.63, 3.8) is 0 Å². The molecule has 0 radical (unpaired) electrons. The average Bonchev–Trinajstić information content (AvgIpc) is 3.36. The molecule has 3 rings (SSSR count). The molecule has 3 aromatic rings. The van der Waals surface area contributed by atoms with Gasteiger partial charge in [-0.25, -0.2) is 4.99 Å². The fourth-order valence-electron chi connectivity index (χ4n) is 2.32. The van der Waals surface area contributed by atoms with Gasteiger partial charge < -0.3 is 19.8 Å². The van der Waals surface area contributed by atoms with E-state index in [2.05, 4.69) is 60.3 Å². The van der Waals surface area contributed by atoms with Gasteiger partial charge in [-0.1, -0.05) is 6.07 Å². The number of rotatable bonds is 7. The van der Waals surface area contributed by atoms with Crippen LogP contribution in [-0.4, -0.2) is 31.8 Å². The van der Waals surface area contributed by atoms with Crippen LogP contribution in [0.1, 0.15) is 16.5 Å². The molecule has 0 saturated carbocycles. The van der Waals surface area contributed by atoms with Crippen molar-refractivity contribution in [1.29, 1.82) is 0 Å². The predicted molar refractivity (Wildman–Crippen MR) is 116 cm³/mol. The van der Waals surface area contributed by atoms with Crippen LogP contribution in [0.5, 0.6) is 0 Å². The largest absolute Gasteiger partial charge is 0.355 e. The van der Waals surface area contributed by atoms with Crippen molar-refractivity contribution in [3.05, 3.63) is 58.6 Å². The Balaban J connectivity index is 0.00000243. The summed E-state index contributed by atoms with van der Waals surface area (Å²) >= 11 is 1.73. The van der Waals surface area contributed by atoms with Crippen LogP contribution in [0.15, 0.2) is 47.0 Å². The predicted octanol–water partition coefficient (Wildman–Crippen LogP) is 2.54. The quantitative estimate of drug-likeness (QED) is 0.307. The van der Waals surface area contributed by atoms with Crippen LogP contribution in [0.25, 0.3) is 0 Å². The van der Waals surface area contributed by atoms with Crippen molar-refractivity contribution in [1.82, 2.24) is 30.0 Å². The average molecular weight is 485 g/mol. The van der Waals surface area contributed by atoms with Crippen molar-refractivity contribution in [2.24, 2.45) is 12.0 Å². The summed E-state index contributed by atoms with van der Waals surface area (Å²) in [6.07, 6.45) is 4.11. The molecule has 7 nitrogen and oxygen atoms in total. The third kappa shape index (κ3) is 5.84. The molecule has 0 spiro atoms. The molecule has 2 N–H and O–H groups in total. The van der Waals surface area contributed by atoms with Gasteiger partial charge in [-0.05, 0) is 30.5 Å². The first-order valence-electron chi connectivity index (χ1n) is 8.22. The monoisotopic (exact) mass is 485 g/mol. The van der Waals surface area contributed by atoms with E-state index in [0.29, 0.717) is 6.54 Å². The van der Waals surface area contributed by atoms with Crippen molar-refractivity contribution in [2.45, 2.75) is 26.6 Å². The van der Waals surface area contributed by atoms with E-state index in [1.165, 1.54) is 4.88 Å². The molecule has 0 amide bonds. The number of hydrogen-bond acceptors (Lipinski definition) is 4. The Morgan fingerprint density at radius 2 is 2.00 bits per heavy atom. The highest BCUT2D eigenvalue weighted by Crippen LogP contribution is 2.07. The normalized spacial score (nSPS) is 11.2. The van der Waals surface area contributed by atoms with Crippen LogP contribution in [-0.2, 0) is 26.7 Å². The molecule has 0 aliphatic carbocycles. The highest BCUT2D eigenvalue weighted by atomic mass is 127. The number of aliphatic imine (C=N–C) groups is 1. The van der Waals surface area contributed by atoms with Gasteiger partial charge in [0.15, 0.2) is 11.8 Å². The zero-order valence-electron chi connectivity index (χ0n) is 14.9. The first-order valence-corrected chi connectivity index (χ1v) is 9.10. The second kappa shape index (κ2) is 10.3. The zero-order chi connectivity index (χ0) is 17.5. The van der Waals surface area contributed by atoms with Gasteiger partial charge in [0.25, 0.3) is 0 Å². The molecule has 0 fully saturated rings. The Morgan fingerprint density at radius 3 is 2.65 bits per heavy atom. The summed E-state index contributed by atoms with van der Waals surface area (Å²) in [4.78, 5) is 5.93. The van der Waals surface area contributed by atoms with Gasteiger partial charge in [-0.3, -0.25) is 0 Å². The summed E-state index contributed by atoms with van der Waals surface area (Å²) in [5.41, 5.74) is 0. The number of nitrogens with zero attached hydrogens (tertiary/aromatic N) is 5. The van der Waals surface area contributed by atoms with Crippen molar-refractivity contribution >= 4 is 41.3 Å². The molecule has 0 saturated heterocycles. The standard InChI is InChI=1S/C17H23N7S.HI/c1-14-21-22-16(23(14)2)13-20-17(19-12-15-6-5-11-25-15)18-7-10-24-8-3-4-9-24;/h3-6,8-9,11H,7,10,12-13H2,1-2H3,(H2,18,19,20);1H.